The van der Waals surface area contributed by atoms with Crippen LogP contribution in [-0.2, 0) is 11.8 Å². The molecule has 2 aliphatic rings. The topological polar surface area (TPSA) is 66.7 Å². The van der Waals surface area contributed by atoms with Gasteiger partial charge in [0.15, 0.2) is 5.96 Å². The van der Waals surface area contributed by atoms with E-state index in [9.17, 15) is 0 Å². The van der Waals surface area contributed by atoms with Crippen LogP contribution >= 0.6 is 24.0 Å². The molecule has 2 fully saturated rings. The van der Waals surface area contributed by atoms with E-state index in [1.807, 2.05) is 25.0 Å². The molecule has 1 aromatic heterocycles. The number of nitrogens with one attached hydrogen (secondary N) is 2. The molecular weight excluding hydrogens is 515 g/mol. The molecule has 1 aromatic carbocycles. The van der Waals surface area contributed by atoms with Crippen LogP contribution < -0.4 is 10.6 Å². The molecule has 0 amide bonds. The van der Waals surface area contributed by atoms with Crippen LogP contribution in [-0.4, -0.2) is 66.1 Å². The molecule has 0 spiro atoms. The molecule has 2 N–H and O–H groups in total. The summed E-state index contributed by atoms with van der Waals surface area (Å²) in [6.45, 7) is 6.68. The Hall–Kier alpha value is -1.65. The predicted octanol–water partition coefficient (Wildman–Crippen LogP) is 3.30. The summed E-state index contributed by atoms with van der Waals surface area (Å²) in [6.07, 6.45) is 7.25. The van der Waals surface area contributed by atoms with Gasteiger partial charge in [-0.1, -0.05) is 30.3 Å². The first-order valence-corrected chi connectivity index (χ1v) is 11.4. The maximum Gasteiger partial charge on any atom is 0.193 e. The number of guanidine groups is 1. The Morgan fingerprint density at radius 3 is 2.69 bits per heavy atom. The van der Waals surface area contributed by atoms with Crippen molar-refractivity contribution in [1.82, 2.24) is 25.3 Å². The third-order valence-corrected chi connectivity index (χ3v) is 6.75. The molecule has 176 valence electrons. The Morgan fingerprint density at radius 1 is 1.28 bits per heavy atom. The van der Waals surface area contributed by atoms with Gasteiger partial charge < -0.3 is 20.3 Å². The number of ether oxygens (including phenoxy) is 1. The van der Waals surface area contributed by atoms with Gasteiger partial charge in [0.05, 0.1) is 6.20 Å². The highest BCUT2D eigenvalue weighted by molar-refractivity contribution is 14.0. The second-order valence-corrected chi connectivity index (χ2v) is 8.95. The summed E-state index contributed by atoms with van der Waals surface area (Å²) in [5, 5.41) is 12.0. The van der Waals surface area contributed by atoms with E-state index >= 15 is 0 Å². The normalized spacial score (nSPS) is 21.8. The fourth-order valence-corrected chi connectivity index (χ4v) is 4.87. The van der Waals surface area contributed by atoms with Crippen molar-refractivity contribution in [3.8, 4) is 0 Å². The van der Waals surface area contributed by atoms with E-state index in [1.165, 1.54) is 11.1 Å². The van der Waals surface area contributed by atoms with Crippen LogP contribution in [0.4, 0.5) is 0 Å². The molecule has 2 aromatic rings. The Labute approximate surface area is 209 Å². The lowest BCUT2D eigenvalue weighted by molar-refractivity contribution is 0.0353. The molecule has 32 heavy (non-hydrogen) atoms. The van der Waals surface area contributed by atoms with Crippen molar-refractivity contribution in [1.29, 1.82) is 0 Å². The predicted molar refractivity (Wildman–Crippen MR) is 140 cm³/mol. The van der Waals surface area contributed by atoms with Gasteiger partial charge in [0.1, 0.15) is 0 Å². The van der Waals surface area contributed by atoms with Crippen molar-refractivity contribution in [2.24, 2.45) is 12.0 Å². The number of aryl methyl sites for hydroxylation is 1. The number of rotatable bonds is 6. The van der Waals surface area contributed by atoms with E-state index in [4.69, 9.17) is 4.74 Å². The molecule has 2 aliphatic heterocycles. The maximum absolute atomic E-state index is 5.69. The number of hydrogen-bond acceptors (Lipinski definition) is 4. The zero-order valence-corrected chi connectivity index (χ0v) is 21.8. The molecule has 0 aliphatic carbocycles. The summed E-state index contributed by atoms with van der Waals surface area (Å²) in [7, 11) is 3.86. The van der Waals surface area contributed by atoms with Gasteiger partial charge in [-0.3, -0.25) is 9.67 Å². The number of aromatic nitrogens is 2. The third kappa shape index (κ3) is 6.02. The van der Waals surface area contributed by atoms with Crippen LogP contribution in [0.5, 0.6) is 0 Å². The minimum atomic E-state index is -0.00801. The molecular formula is C24H37IN6O. The molecule has 7 nitrogen and oxygen atoms in total. The first-order valence-electron chi connectivity index (χ1n) is 11.4. The number of likely N-dealkylation sites (tertiary alicyclic amines) is 1. The van der Waals surface area contributed by atoms with Crippen LogP contribution in [0.1, 0.15) is 49.3 Å². The van der Waals surface area contributed by atoms with Crippen LogP contribution in [0.2, 0.25) is 0 Å². The zero-order chi connectivity index (χ0) is 21.7. The highest BCUT2D eigenvalue weighted by atomic mass is 127. The van der Waals surface area contributed by atoms with Crippen molar-refractivity contribution < 1.29 is 4.74 Å². The average Bonchev–Trinajstić information content (AvgIpc) is 3.45. The van der Waals surface area contributed by atoms with Crippen molar-refractivity contribution in [3.63, 3.8) is 0 Å². The first-order chi connectivity index (χ1) is 15.1. The largest absolute Gasteiger partial charge is 0.381 e. The van der Waals surface area contributed by atoms with Crippen molar-refractivity contribution >= 4 is 29.9 Å². The number of benzene rings is 1. The van der Waals surface area contributed by atoms with E-state index < -0.39 is 0 Å². The van der Waals surface area contributed by atoms with Gasteiger partial charge in [0.25, 0.3) is 0 Å². The quantitative estimate of drug-likeness (QED) is 0.327. The molecule has 4 rings (SSSR count). The van der Waals surface area contributed by atoms with E-state index in [0.29, 0.717) is 5.92 Å². The second kappa shape index (κ2) is 11.5. The van der Waals surface area contributed by atoms with Gasteiger partial charge in [-0.05, 0) is 37.3 Å². The molecule has 0 bridgehead atoms. The minimum absolute atomic E-state index is 0. The molecule has 2 unspecified atom stereocenters. The summed E-state index contributed by atoms with van der Waals surface area (Å²) in [5.41, 5.74) is 2.63. The maximum atomic E-state index is 5.69. The molecule has 2 saturated heterocycles. The summed E-state index contributed by atoms with van der Waals surface area (Å²) in [4.78, 5) is 6.99. The summed E-state index contributed by atoms with van der Waals surface area (Å²) in [6, 6.07) is 11.0. The molecule has 0 radical (unpaired) electrons. The van der Waals surface area contributed by atoms with Crippen molar-refractivity contribution in [2.45, 2.75) is 43.7 Å². The lowest BCUT2D eigenvalue weighted by atomic mass is 9.88. The molecule has 0 saturated carbocycles. The van der Waals surface area contributed by atoms with Gasteiger partial charge in [0, 0.05) is 70.6 Å². The zero-order valence-electron chi connectivity index (χ0n) is 19.5. The monoisotopic (exact) mass is 552 g/mol. The SMILES string of the molecule is CN=C(NCC1(NC(C)c2ccccc2)CCOCC1)N1CCC(c2cnn(C)c2)C1.I. The van der Waals surface area contributed by atoms with E-state index in [0.717, 1.165) is 58.1 Å². The lowest BCUT2D eigenvalue weighted by Crippen LogP contribution is -2.58. The lowest BCUT2D eigenvalue weighted by Gasteiger charge is -2.41. The third-order valence-electron chi connectivity index (χ3n) is 6.75. The summed E-state index contributed by atoms with van der Waals surface area (Å²) in [5.74, 6) is 1.51. The van der Waals surface area contributed by atoms with E-state index in [1.54, 1.807) is 0 Å². The molecule has 8 heteroatoms. The number of nitrogens with zero attached hydrogens (tertiary/aromatic N) is 4. The Balaban J connectivity index is 0.00000289. The fraction of sp³-hybridized carbons (Fsp3) is 0.583. The summed E-state index contributed by atoms with van der Waals surface area (Å²) < 4.78 is 7.58. The van der Waals surface area contributed by atoms with Gasteiger partial charge in [-0.25, -0.2) is 0 Å². The fourth-order valence-electron chi connectivity index (χ4n) is 4.87. The highest BCUT2D eigenvalue weighted by Crippen LogP contribution is 2.28. The van der Waals surface area contributed by atoms with Crippen LogP contribution in [0.25, 0.3) is 0 Å². The smallest absolute Gasteiger partial charge is 0.193 e. The van der Waals surface area contributed by atoms with Crippen molar-refractivity contribution in [3.05, 3.63) is 53.9 Å². The highest BCUT2D eigenvalue weighted by Gasteiger charge is 2.35. The van der Waals surface area contributed by atoms with E-state index in [-0.39, 0.29) is 35.6 Å². The minimum Gasteiger partial charge on any atom is -0.381 e. The van der Waals surface area contributed by atoms with Gasteiger partial charge in [-0.15, -0.1) is 24.0 Å². The van der Waals surface area contributed by atoms with Crippen molar-refractivity contribution in [2.75, 3.05) is 39.9 Å². The molecule has 3 heterocycles. The van der Waals surface area contributed by atoms with Gasteiger partial charge in [0.2, 0.25) is 0 Å². The Bertz CT molecular complexity index is 864. The molecule has 2 atom stereocenters. The first kappa shape index (κ1) is 25.0. The average molecular weight is 553 g/mol. The van der Waals surface area contributed by atoms with Gasteiger partial charge in [-0.2, -0.15) is 5.10 Å². The van der Waals surface area contributed by atoms with Gasteiger partial charge >= 0.3 is 0 Å². The van der Waals surface area contributed by atoms with E-state index in [2.05, 4.69) is 69.1 Å². The number of aliphatic imine (C=N–C) groups is 1. The Morgan fingerprint density at radius 2 is 2.03 bits per heavy atom. The number of halogens is 1. The standard InChI is InChI=1S/C24H36N6O.HI/c1-19(20-7-5-4-6-8-20)28-24(10-13-31-14-11-24)18-26-23(25-2)30-12-9-21(17-30)22-15-27-29(3)16-22;/h4-8,15-16,19,21,28H,9-14,17-18H2,1-3H3,(H,25,26);1H. The number of hydrogen-bond donors (Lipinski definition) is 2. The second-order valence-electron chi connectivity index (χ2n) is 8.95. The van der Waals surface area contributed by atoms with Crippen LogP contribution in [0.15, 0.2) is 47.7 Å². The summed E-state index contributed by atoms with van der Waals surface area (Å²) >= 11 is 0. The van der Waals surface area contributed by atoms with Crippen LogP contribution in [0.3, 0.4) is 0 Å². The Kier molecular flexibility index (Phi) is 8.95. The van der Waals surface area contributed by atoms with Crippen LogP contribution in [0, 0.1) is 0 Å².